The topological polar surface area (TPSA) is 32.8 Å². The zero-order valence-corrected chi connectivity index (χ0v) is 33.8. The lowest BCUT2D eigenvalue weighted by Crippen LogP contribution is -2.11. The molecule has 0 aliphatic heterocycles. The minimum atomic E-state index is 0.833. The molecule has 0 saturated carbocycles. The maximum atomic E-state index is 6.69. The SMILES string of the molecule is Cc1ccc(C)c(N(c2ccccc2)c2ccc3cc4c(cc3c2)oc2cc3oc5cc6cc(N(c7ccccc7)c7cc(C)ccc7C)ccc6cc5c3c(C)c24)c1. The number of anilines is 6. The highest BCUT2D eigenvalue weighted by atomic mass is 16.3. The van der Waals surface area contributed by atoms with Gasteiger partial charge in [-0.2, -0.15) is 0 Å². The molecule has 4 heteroatoms. The van der Waals surface area contributed by atoms with Crippen molar-refractivity contribution in [2.24, 2.45) is 0 Å². The predicted octanol–water partition coefficient (Wildman–Crippen LogP) is 16.3. The van der Waals surface area contributed by atoms with E-state index in [1.807, 2.05) is 0 Å². The van der Waals surface area contributed by atoms with Crippen LogP contribution >= 0.6 is 0 Å². The Hall–Kier alpha value is -7.30. The van der Waals surface area contributed by atoms with Gasteiger partial charge in [-0.3, -0.25) is 0 Å². The standard InChI is InChI=1S/C55H42N2O2/c1-33-16-18-35(3)48(24-33)56(42-12-8-6-9-13-42)44-22-20-38-28-46-50(30-40(38)26-44)58-52-32-53-55(37(5)54(46)52)47-29-39-21-23-45(27-41(39)31-51(47)59-53)57(43-14-10-7-11-15-43)49-25-34(2)17-19-36(49)4/h6-32H,1-5H3. The summed E-state index contributed by atoms with van der Waals surface area (Å²) in [6.45, 7) is 10.9. The molecule has 0 bridgehead atoms. The van der Waals surface area contributed by atoms with Crippen molar-refractivity contribution >= 4 is 99.5 Å². The van der Waals surface area contributed by atoms with Gasteiger partial charge in [0, 0.05) is 61.7 Å². The molecule has 0 fully saturated rings. The molecular formula is C55H42N2O2. The average molecular weight is 763 g/mol. The lowest BCUT2D eigenvalue weighted by molar-refractivity contribution is 0.656. The number of furan rings is 2. The van der Waals surface area contributed by atoms with E-state index in [-0.39, 0.29) is 0 Å². The summed E-state index contributed by atoms with van der Waals surface area (Å²) in [5, 5.41) is 9.07. The van der Waals surface area contributed by atoms with Crippen LogP contribution in [0.3, 0.4) is 0 Å². The van der Waals surface area contributed by atoms with E-state index in [9.17, 15) is 0 Å². The van der Waals surface area contributed by atoms with Crippen LogP contribution in [0.1, 0.15) is 27.8 Å². The molecular weight excluding hydrogens is 721 g/mol. The summed E-state index contributed by atoms with van der Waals surface area (Å²) in [5.74, 6) is 0. The third-order valence-electron chi connectivity index (χ3n) is 12.1. The van der Waals surface area contributed by atoms with E-state index in [2.05, 4.69) is 208 Å². The Bertz CT molecular complexity index is 3220. The minimum Gasteiger partial charge on any atom is -0.456 e. The van der Waals surface area contributed by atoms with E-state index in [0.717, 1.165) is 83.0 Å². The molecule has 59 heavy (non-hydrogen) atoms. The monoisotopic (exact) mass is 762 g/mol. The number of aryl methyl sites for hydroxylation is 5. The lowest BCUT2D eigenvalue weighted by Gasteiger charge is -2.27. The maximum absolute atomic E-state index is 6.69. The Labute approximate surface area is 343 Å². The van der Waals surface area contributed by atoms with Crippen LogP contribution < -0.4 is 9.80 Å². The highest BCUT2D eigenvalue weighted by molar-refractivity contribution is 6.21. The van der Waals surface area contributed by atoms with Crippen LogP contribution in [-0.2, 0) is 0 Å². The van der Waals surface area contributed by atoms with Crippen LogP contribution in [0, 0.1) is 34.6 Å². The zero-order chi connectivity index (χ0) is 39.9. The van der Waals surface area contributed by atoms with E-state index in [4.69, 9.17) is 8.83 Å². The molecule has 0 aliphatic rings. The molecule has 0 saturated heterocycles. The normalized spacial score (nSPS) is 11.8. The van der Waals surface area contributed by atoms with Gasteiger partial charge in [0.25, 0.3) is 0 Å². The summed E-state index contributed by atoms with van der Waals surface area (Å²) in [5.41, 5.74) is 16.3. The first-order chi connectivity index (χ1) is 28.8. The zero-order valence-electron chi connectivity index (χ0n) is 33.8. The van der Waals surface area contributed by atoms with Crippen LogP contribution in [-0.4, -0.2) is 0 Å². The molecule has 284 valence electrons. The number of hydrogen-bond acceptors (Lipinski definition) is 4. The van der Waals surface area contributed by atoms with E-state index in [0.29, 0.717) is 0 Å². The molecule has 11 aromatic rings. The molecule has 2 heterocycles. The maximum Gasteiger partial charge on any atom is 0.139 e. The summed E-state index contributed by atoms with van der Waals surface area (Å²) < 4.78 is 13.4. The van der Waals surface area contributed by atoms with E-state index >= 15 is 0 Å². The first-order valence-electron chi connectivity index (χ1n) is 20.3. The van der Waals surface area contributed by atoms with Crippen LogP contribution in [0.5, 0.6) is 0 Å². The average Bonchev–Trinajstić information content (AvgIpc) is 3.79. The summed E-state index contributed by atoms with van der Waals surface area (Å²) in [6, 6.07) is 59.1. The first-order valence-corrected chi connectivity index (χ1v) is 20.3. The van der Waals surface area contributed by atoms with Crippen LogP contribution in [0.25, 0.3) is 65.4 Å². The number of rotatable bonds is 6. The van der Waals surface area contributed by atoms with Gasteiger partial charge in [0.15, 0.2) is 0 Å². The molecule has 0 atom stereocenters. The number of para-hydroxylation sites is 2. The Kier molecular flexibility index (Phi) is 7.92. The highest BCUT2D eigenvalue weighted by Crippen LogP contribution is 2.45. The lowest BCUT2D eigenvalue weighted by atomic mass is 9.98. The van der Waals surface area contributed by atoms with Gasteiger partial charge in [-0.15, -0.1) is 0 Å². The highest BCUT2D eigenvalue weighted by Gasteiger charge is 2.21. The molecule has 11 rings (SSSR count). The largest absolute Gasteiger partial charge is 0.456 e. The van der Waals surface area contributed by atoms with Gasteiger partial charge in [0.2, 0.25) is 0 Å². The third kappa shape index (κ3) is 5.74. The molecule has 0 unspecified atom stereocenters. The summed E-state index contributed by atoms with van der Waals surface area (Å²) in [4.78, 5) is 4.70. The molecule has 0 aliphatic carbocycles. The molecule has 0 N–H and O–H groups in total. The van der Waals surface area contributed by atoms with Crippen LogP contribution in [0.2, 0.25) is 0 Å². The van der Waals surface area contributed by atoms with Gasteiger partial charge in [-0.1, -0.05) is 72.8 Å². The van der Waals surface area contributed by atoms with Gasteiger partial charge < -0.3 is 18.6 Å². The second-order valence-electron chi connectivity index (χ2n) is 16.1. The summed E-state index contributed by atoms with van der Waals surface area (Å²) in [7, 11) is 0. The van der Waals surface area contributed by atoms with Gasteiger partial charge in [0.1, 0.15) is 22.3 Å². The molecule has 0 spiro atoms. The Balaban J connectivity index is 1.03. The van der Waals surface area contributed by atoms with E-state index in [1.54, 1.807) is 0 Å². The van der Waals surface area contributed by atoms with Gasteiger partial charge in [-0.25, -0.2) is 0 Å². The number of nitrogens with zero attached hydrogens (tertiary/aromatic N) is 2. The molecule has 0 amide bonds. The predicted molar refractivity (Wildman–Crippen MR) is 249 cm³/mol. The van der Waals surface area contributed by atoms with Gasteiger partial charge >= 0.3 is 0 Å². The van der Waals surface area contributed by atoms with E-state index < -0.39 is 0 Å². The molecule has 9 aromatic carbocycles. The fourth-order valence-electron chi connectivity index (χ4n) is 9.12. The molecule has 2 aromatic heterocycles. The Morgan fingerprint density at radius 1 is 0.339 bits per heavy atom. The van der Waals surface area contributed by atoms with Gasteiger partial charge in [0.05, 0.1) is 0 Å². The van der Waals surface area contributed by atoms with Crippen molar-refractivity contribution in [3.8, 4) is 0 Å². The number of hydrogen-bond donors (Lipinski definition) is 0. The van der Waals surface area contributed by atoms with E-state index in [1.165, 1.54) is 44.4 Å². The Morgan fingerprint density at radius 3 is 1.22 bits per heavy atom. The summed E-state index contributed by atoms with van der Waals surface area (Å²) >= 11 is 0. The minimum absolute atomic E-state index is 0.833. The summed E-state index contributed by atoms with van der Waals surface area (Å²) in [6.07, 6.45) is 0. The van der Waals surface area contributed by atoms with Gasteiger partial charge in [-0.05, 0) is 169 Å². The number of benzene rings is 9. The quantitative estimate of drug-likeness (QED) is 0.169. The smallest absolute Gasteiger partial charge is 0.139 e. The molecule has 4 nitrogen and oxygen atoms in total. The second kappa shape index (κ2) is 13.4. The van der Waals surface area contributed by atoms with Crippen molar-refractivity contribution in [2.45, 2.75) is 34.6 Å². The number of fused-ring (bicyclic) bond motifs is 8. The fraction of sp³-hybridized carbons (Fsp3) is 0.0909. The van der Waals surface area contributed by atoms with Crippen molar-refractivity contribution in [1.29, 1.82) is 0 Å². The third-order valence-corrected chi connectivity index (χ3v) is 12.1. The van der Waals surface area contributed by atoms with Crippen LogP contribution in [0.15, 0.2) is 173 Å². The van der Waals surface area contributed by atoms with Crippen LogP contribution in [0.4, 0.5) is 34.1 Å². The fourth-order valence-corrected chi connectivity index (χ4v) is 9.12. The molecule has 0 radical (unpaired) electrons. The Morgan fingerprint density at radius 2 is 0.780 bits per heavy atom. The van der Waals surface area contributed by atoms with Crippen molar-refractivity contribution in [3.63, 3.8) is 0 Å². The second-order valence-corrected chi connectivity index (χ2v) is 16.1. The van der Waals surface area contributed by atoms with Crippen molar-refractivity contribution in [2.75, 3.05) is 9.80 Å². The van der Waals surface area contributed by atoms with Crippen molar-refractivity contribution in [1.82, 2.24) is 0 Å². The first kappa shape index (κ1) is 34.9. The van der Waals surface area contributed by atoms with Crippen molar-refractivity contribution in [3.05, 3.63) is 192 Å². The van der Waals surface area contributed by atoms with Crippen molar-refractivity contribution < 1.29 is 8.83 Å².